The maximum absolute atomic E-state index is 13.0. The van der Waals surface area contributed by atoms with Gasteiger partial charge < -0.3 is 9.15 Å². The summed E-state index contributed by atoms with van der Waals surface area (Å²) < 4.78 is 11.0. The molecule has 0 saturated heterocycles. The van der Waals surface area contributed by atoms with Crippen LogP contribution in [0, 0.1) is 13.8 Å². The number of aryl methyl sites for hydroxylation is 2. The Morgan fingerprint density at radius 1 is 1.04 bits per heavy atom. The fourth-order valence-electron chi connectivity index (χ4n) is 2.99. The Hall–Kier alpha value is -3.08. The van der Waals surface area contributed by atoms with E-state index >= 15 is 0 Å². The summed E-state index contributed by atoms with van der Waals surface area (Å²) in [5.41, 5.74) is 2.81. The molecule has 2 aromatic carbocycles. The summed E-state index contributed by atoms with van der Waals surface area (Å²) in [5, 5.41) is 0.693. The average Bonchev–Trinajstić information content (AvgIpc) is 3.01. The van der Waals surface area contributed by atoms with Crippen molar-refractivity contribution in [1.29, 1.82) is 0 Å². The van der Waals surface area contributed by atoms with Crippen molar-refractivity contribution in [2.75, 3.05) is 12.0 Å². The Morgan fingerprint density at radius 2 is 1.68 bits per heavy atom. The second-order valence-electron chi connectivity index (χ2n) is 5.88. The van der Waals surface area contributed by atoms with Crippen LogP contribution in [0.4, 0.5) is 5.69 Å². The minimum atomic E-state index is -0.497. The van der Waals surface area contributed by atoms with Crippen LogP contribution in [0.25, 0.3) is 11.0 Å². The summed E-state index contributed by atoms with van der Waals surface area (Å²) >= 11 is 0. The molecule has 0 saturated carbocycles. The molecule has 0 radical (unpaired) electrons. The summed E-state index contributed by atoms with van der Waals surface area (Å²) in [5.74, 6) is -0.155. The number of fused-ring (bicyclic) bond motifs is 1. The minimum absolute atomic E-state index is 0.0948. The number of para-hydroxylation sites is 1. The van der Waals surface area contributed by atoms with Gasteiger partial charge in [0, 0.05) is 13.0 Å². The molecule has 0 unspecified atom stereocenters. The number of methoxy groups -OCH3 is 1. The van der Waals surface area contributed by atoms with Crippen LogP contribution in [0.5, 0.6) is 5.75 Å². The third-order valence-corrected chi connectivity index (χ3v) is 4.13. The lowest BCUT2D eigenvalue weighted by Crippen LogP contribution is -2.36. The lowest BCUT2D eigenvalue weighted by molar-refractivity contribution is -0.116. The number of carbonyl (C=O) groups excluding carboxylic acids is 2. The quantitative estimate of drug-likeness (QED) is 0.717. The fourth-order valence-corrected chi connectivity index (χ4v) is 2.99. The van der Waals surface area contributed by atoms with E-state index in [1.54, 1.807) is 31.4 Å². The van der Waals surface area contributed by atoms with Crippen molar-refractivity contribution in [2.24, 2.45) is 0 Å². The second-order valence-corrected chi connectivity index (χ2v) is 5.88. The number of benzene rings is 2. The van der Waals surface area contributed by atoms with E-state index in [0.29, 0.717) is 22.4 Å². The first-order valence-electron chi connectivity index (χ1n) is 7.92. The van der Waals surface area contributed by atoms with E-state index in [0.717, 1.165) is 16.0 Å². The van der Waals surface area contributed by atoms with Crippen LogP contribution in [0.1, 0.15) is 28.6 Å². The lowest BCUT2D eigenvalue weighted by atomic mass is 10.1. The zero-order valence-electron chi connectivity index (χ0n) is 14.6. The molecule has 0 bridgehead atoms. The van der Waals surface area contributed by atoms with Crippen molar-refractivity contribution < 1.29 is 18.7 Å². The van der Waals surface area contributed by atoms with Crippen LogP contribution in [-0.4, -0.2) is 18.9 Å². The van der Waals surface area contributed by atoms with Gasteiger partial charge in [-0.25, -0.2) is 4.90 Å². The van der Waals surface area contributed by atoms with E-state index in [9.17, 15) is 9.59 Å². The molecular formula is C20H19NO4. The van der Waals surface area contributed by atoms with Gasteiger partial charge in [-0.05, 0) is 37.1 Å². The van der Waals surface area contributed by atoms with Crippen LogP contribution in [0.15, 0.2) is 46.9 Å². The summed E-state index contributed by atoms with van der Waals surface area (Å²) in [6.07, 6.45) is 0. The van der Waals surface area contributed by atoms with Crippen LogP contribution >= 0.6 is 0 Å². The summed E-state index contributed by atoms with van der Waals surface area (Å²) in [4.78, 5) is 26.4. The van der Waals surface area contributed by atoms with Gasteiger partial charge in [-0.15, -0.1) is 0 Å². The molecule has 0 spiro atoms. The molecule has 0 aliphatic heterocycles. The second kappa shape index (κ2) is 6.43. The van der Waals surface area contributed by atoms with Crippen LogP contribution < -0.4 is 9.64 Å². The van der Waals surface area contributed by atoms with Gasteiger partial charge in [0.25, 0.3) is 0 Å². The number of rotatable bonds is 3. The van der Waals surface area contributed by atoms with E-state index < -0.39 is 5.91 Å². The maximum Gasteiger partial charge on any atom is 0.300 e. The predicted molar refractivity (Wildman–Crippen MR) is 96.2 cm³/mol. The minimum Gasteiger partial charge on any atom is -0.496 e. The Bertz CT molecular complexity index is 951. The van der Waals surface area contributed by atoms with E-state index in [2.05, 4.69) is 0 Å². The first-order chi connectivity index (χ1) is 11.9. The summed E-state index contributed by atoms with van der Waals surface area (Å²) in [6, 6.07) is 12.6. The third-order valence-electron chi connectivity index (χ3n) is 4.13. The first-order valence-corrected chi connectivity index (χ1v) is 7.92. The molecule has 0 fully saturated rings. The largest absolute Gasteiger partial charge is 0.496 e. The highest BCUT2D eigenvalue weighted by Gasteiger charge is 2.27. The SMILES string of the molecule is COc1cccc2oc(C(=O)N(C(C)=O)c3c(C)cccc3C)cc12. The smallest absolute Gasteiger partial charge is 0.300 e. The fraction of sp³-hybridized carbons (Fsp3) is 0.200. The third kappa shape index (κ3) is 2.89. The molecule has 5 nitrogen and oxygen atoms in total. The van der Waals surface area contributed by atoms with Crippen molar-refractivity contribution in [3.8, 4) is 5.75 Å². The number of hydrogen-bond donors (Lipinski definition) is 0. The summed E-state index contributed by atoms with van der Waals surface area (Å²) in [6.45, 7) is 5.10. The highest BCUT2D eigenvalue weighted by atomic mass is 16.5. The van der Waals surface area contributed by atoms with Gasteiger partial charge in [0.1, 0.15) is 11.3 Å². The number of imide groups is 1. The van der Waals surface area contributed by atoms with E-state index in [1.807, 2.05) is 32.0 Å². The van der Waals surface area contributed by atoms with Gasteiger partial charge in [0.2, 0.25) is 5.91 Å². The predicted octanol–water partition coefficient (Wildman–Crippen LogP) is 4.25. The highest BCUT2D eigenvalue weighted by Crippen LogP contribution is 2.31. The van der Waals surface area contributed by atoms with E-state index in [-0.39, 0.29) is 11.7 Å². The van der Waals surface area contributed by atoms with Gasteiger partial charge in [0.05, 0.1) is 18.2 Å². The van der Waals surface area contributed by atoms with Gasteiger partial charge in [-0.2, -0.15) is 0 Å². The Kier molecular flexibility index (Phi) is 4.31. The Balaban J connectivity index is 2.13. The average molecular weight is 337 g/mol. The van der Waals surface area contributed by atoms with Crippen molar-refractivity contribution >= 4 is 28.5 Å². The Morgan fingerprint density at radius 3 is 2.28 bits per heavy atom. The maximum atomic E-state index is 13.0. The van der Waals surface area contributed by atoms with Gasteiger partial charge in [-0.1, -0.05) is 24.3 Å². The number of carbonyl (C=O) groups is 2. The molecule has 1 aromatic heterocycles. The molecule has 5 heteroatoms. The number of ether oxygens (including phenoxy) is 1. The molecule has 0 aliphatic carbocycles. The number of nitrogens with zero attached hydrogens (tertiary/aromatic N) is 1. The summed E-state index contributed by atoms with van der Waals surface area (Å²) in [7, 11) is 1.56. The number of hydrogen-bond acceptors (Lipinski definition) is 4. The van der Waals surface area contributed by atoms with Gasteiger partial charge >= 0.3 is 5.91 Å². The molecule has 3 aromatic rings. The number of furan rings is 1. The molecule has 25 heavy (non-hydrogen) atoms. The van der Waals surface area contributed by atoms with Gasteiger partial charge in [-0.3, -0.25) is 9.59 Å². The lowest BCUT2D eigenvalue weighted by Gasteiger charge is -2.22. The van der Waals surface area contributed by atoms with Crippen LogP contribution in [0.3, 0.4) is 0 Å². The molecule has 1 heterocycles. The van der Waals surface area contributed by atoms with Crippen molar-refractivity contribution in [2.45, 2.75) is 20.8 Å². The topological polar surface area (TPSA) is 59.8 Å². The zero-order valence-corrected chi connectivity index (χ0v) is 14.6. The molecule has 3 rings (SSSR count). The van der Waals surface area contributed by atoms with E-state index in [4.69, 9.17) is 9.15 Å². The molecule has 2 amide bonds. The molecule has 0 aliphatic rings. The van der Waals surface area contributed by atoms with Crippen LogP contribution in [0.2, 0.25) is 0 Å². The van der Waals surface area contributed by atoms with E-state index in [1.165, 1.54) is 6.92 Å². The molecule has 0 atom stereocenters. The van der Waals surface area contributed by atoms with Crippen LogP contribution in [-0.2, 0) is 4.79 Å². The number of amides is 2. The molecule has 128 valence electrons. The number of anilines is 1. The normalized spacial score (nSPS) is 10.7. The van der Waals surface area contributed by atoms with Crippen molar-refractivity contribution in [3.05, 3.63) is 59.4 Å². The first kappa shape index (κ1) is 16.8. The van der Waals surface area contributed by atoms with Gasteiger partial charge in [0.15, 0.2) is 5.76 Å². The highest BCUT2D eigenvalue weighted by molar-refractivity contribution is 6.21. The molecular weight excluding hydrogens is 318 g/mol. The monoisotopic (exact) mass is 337 g/mol. The van der Waals surface area contributed by atoms with Crippen molar-refractivity contribution in [1.82, 2.24) is 0 Å². The van der Waals surface area contributed by atoms with Crippen molar-refractivity contribution in [3.63, 3.8) is 0 Å². The zero-order chi connectivity index (χ0) is 18.1. The standard InChI is InChI=1S/C20H19NO4/c1-12-7-5-8-13(2)19(12)21(14(3)22)20(23)18-11-15-16(24-4)9-6-10-17(15)25-18/h5-11H,1-4H3. The molecule has 0 N–H and O–H groups in total. The Labute approximate surface area is 145 Å².